The highest BCUT2D eigenvalue weighted by Gasteiger charge is 2.45. The van der Waals surface area contributed by atoms with Gasteiger partial charge in [0.2, 0.25) is 0 Å². The summed E-state index contributed by atoms with van der Waals surface area (Å²) < 4.78 is 8.65. The van der Waals surface area contributed by atoms with Crippen molar-refractivity contribution in [2.45, 2.75) is 44.8 Å². The minimum atomic E-state index is -0.142. The van der Waals surface area contributed by atoms with Crippen LogP contribution in [-0.4, -0.2) is 34.6 Å². The van der Waals surface area contributed by atoms with Crippen LogP contribution < -0.4 is 0 Å². The van der Waals surface area contributed by atoms with Gasteiger partial charge in [0, 0.05) is 25.3 Å². The van der Waals surface area contributed by atoms with Gasteiger partial charge in [-0.1, -0.05) is 12.1 Å². The summed E-state index contributed by atoms with van der Waals surface area (Å²) in [6.45, 7) is 5.63. The zero-order chi connectivity index (χ0) is 19.1. The van der Waals surface area contributed by atoms with Crippen molar-refractivity contribution in [2.75, 3.05) is 13.2 Å². The number of hydrogen-bond acceptors (Lipinski definition) is 3. The minimum absolute atomic E-state index is 0.0892. The molecule has 0 N–H and O–H groups in total. The second-order valence-electron chi connectivity index (χ2n) is 7.42. The summed E-state index contributed by atoms with van der Waals surface area (Å²) in [5.74, 6) is 0.0892. The van der Waals surface area contributed by atoms with Gasteiger partial charge in [0.05, 0.1) is 33.5 Å². The molecular formula is C21H22BrN3O2. The first-order valence-electron chi connectivity index (χ1n) is 9.34. The lowest BCUT2D eigenvalue weighted by molar-refractivity contribution is 0.0242. The molecule has 2 aliphatic rings. The highest BCUT2D eigenvalue weighted by atomic mass is 79.9. The van der Waals surface area contributed by atoms with E-state index in [9.17, 15) is 4.79 Å². The summed E-state index contributed by atoms with van der Waals surface area (Å²) in [7, 11) is 0. The Morgan fingerprint density at radius 2 is 1.89 bits per heavy atom. The molecule has 4 rings (SSSR count). The van der Waals surface area contributed by atoms with Gasteiger partial charge in [-0.15, -0.1) is 0 Å². The molecule has 6 heteroatoms. The molecule has 2 aliphatic heterocycles. The summed E-state index contributed by atoms with van der Waals surface area (Å²) >= 11 is 3.64. The zero-order valence-electron chi connectivity index (χ0n) is 15.5. The Labute approximate surface area is 167 Å². The van der Waals surface area contributed by atoms with E-state index in [-0.39, 0.29) is 24.0 Å². The molecule has 0 aliphatic carbocycles. The standard InChI is InChI=1S/C21H22BrN3O2/c1-13(2)24-18(22)11-17-20(24)19(15-5-3-14(12-23)4-6-15)25(21(17)26)16-7-9-27-10-8-16/h3-6,11,13,16,19H,7-10H2,1-2H3. The van der Waals surface area contributed by atoms with E-state index in [0.29, 0.717) is 18.8 Å². The van der Waals surface area contributed by atoms with Crippen molar-refractivity contribution in [3.8, 4) is 6.07 Å². The van der Waals surface area contributed by atoms with Crippen LogP contribution in [0.2, 0.25) is 0 Å². The molecule has 0 bridgehead atoms. The Balaban J connectivity index is 1.86. The van der Waals surface area contributed by atoms with Crippen LogP contribution in [0.4, 0.5) is 0 Å². The van der Waals surface area contributed by atoms with Crippen molar-refractivity contribution in [1.29, 1.82) is 5.26 Å². The van der Waals surface area contributed by atoms with Gasteiger partial charge in [-0.3, -0.25) is 4.79 Å². The van der Waals surface area contributed by atoms with Gasteiger partial charge >= 0.3 is 0 Å². The predicted octanol–water partition coefficient (Wildman–Crippen LogP) is 4.43. The van der Waals surface area contributed by atoms with Crippen molar-refractivity contribution >= 4 is 21.8 Å². The quantitative estimate of drug-likeness (QED) is 0.727. The lowest BCUT2D eigenvalue weighted by Gasteiger charge is -2.37. The maximum atomic E-state index is 13.4. The van der Waals surface area contributed by atoms with Gasteiger partial charge in [0.1, 0.15) is 0 Å². The average molecular weight is 428 g/mol. The Bertz CT molecular complexity index is 905. The van der Waals surface area contributed by atoms with E-state index < -0.39 is 0 Å². The van der Waals surface area contributed by atoms with Crippen LogP contribution in [0.3, 0.4) is 0 Å². The Morgan fingerprint density at radius 1 is 1.22 bits per heavy atom. The second kappa shape index (κ2) is 7.14. The molecule has 2 aromatic rings. The number of carbonyl (C=O) groups is 1. The monoisotopic (exact) mass is 427 g/mol. The lowest BCUT2D eigenvalue weighted by atomic mass is 9.98. The highest BCUT2D eigenvalue weighted by molar-refractivity contribution is 9.10. The SMILES string of the molecule is CC(C)n1c(Br)cc2c1C(c1ccc(C#N)cc1)N(C1CCOCC1)C2=O. The number of fused-ring (bicyclic) bond motifs is 1. The van der Waals surface area contributed by atoms with Crippen LogP contribution in [-0.2, 0) is 4.74 Å². The van der Waals surface area contributed by atoms with E-state index in [2.05, 4.69) is 40.4 Å². The first-order chi connectivity index (χ1) is 13.0. The fraction of sp³-hybridized carbons (Fsp3) is 0.429. The number of nitrogens with zero attached hydrogens (tertiary/aromatic N) is 3. The number of aromatic nitrogens is 1. The van der Waals surface area contributed by atoms with E-state index in [4.69, 9.17) is 10.00 Å². The molecule has 1 aromatic carbocycles. The number of ether oxygens (including phenoxy) is 1. The smallest absolute Gasteiger partial charge is 0.256 e. The van der Waals surface area contributed by atoms with Crippen LogP contribution >= 0.6 is 15.9 Å². The molecule has 1 saturated heterocycles. The van der Waals surface area contributed by atoms with E-state index in [0.717, 1.165) is 34.3 Å². The van der Waals surface area contributed by atoms with Crippen molar-refractivity contribution < 1.29 is 9.53 Å². The minimum Gasteiger partial charge on any atom is -0.381 e. The van der Waals surface area contributed by atoms with Gasteiger partial charge in [-0.25, -0.2) is 0 Å². The Kier molecular flexibility index (Phi) is 4.83. The number of amides is 1. The predicted molar refractivity (Wildman–Crippen MR) is 106 cm³/mol. The fourth-order valence-electron chi connectivity index (χ4n) is 4.27. The molecule has 3 heterocycles. The maximum Gasteiger partial charge on any atom is 0.256 e. The van der Waals surface area contributed by atoms with E-state index in [1.54, 1.807) is 0 Å². The van der Waals surface area contributed by atoms with Gasteiger partial charge in [-0.05, 0) is 66.4 Å². The molecule has 0 radical (unpaired) electrons. The summed E-state index contributed by atoms with van der Waals surface area (Å²) in [5, 5.41) is 9.13. The molecule has 1 atom stereocenters. The maximum absolute atomic E-state index is 13.4. The molecule has 1 amide bonds. The summed E-state index contributed by atoms with van der Waals surface area (Å²) in [5.41, 5.74) is 3.48. The number of rotatable bonds is 3. The lowest BCUT2D eigenvalue weighted by Crippen LogP contribution is -2.42. The molecule has 5 nitrogen and oxygen atoms in total. The Hall–Kier alpha value is -2.10. The van der Waals surface area contributed by atoms with Gasteiger partial charge in [0.25, 0.3) is 5.91 Å². The van der Waals surface area contributed by atoms with Gasteiger partial charge in [-0.2, -0.15) is 5.26 Å². The van der Waals surface area contributed by atoms with Crippen molar-refractivity contribution in [3.05, 3.63) is 57.3 Å². The molecule has 1 unspecified atom stereocenters. The van der Waals surface area contributed by atoms with Crippen LogP contribution in [0.1, 0.15) is 66.0 Å². The molecule has 1 aromatic heterocycles. The second-order valence-corrected chi connectivity index (χ2v) is 8.23. The third-order valence-corrected chi connectivity index (χ3v) is 6.10. The molecule has 0 saturated carbocycles. The van der Waals surface area contributed by atoms with Crippen LogP contribution in [0, 0.1) is 11.3 Å². The van der Waals surface area contributed by atoms with Gasteiger partial charge < -0.3 is 14.2 Å². The summed E-state index contributed by atoms with van der Waals surface area (Å²) in [4.78, 5) is 15.4. The number of halogens is 1. The number of benzene rings is 1. The first-order valence-corrected chi connectivity index (χ1v) is 10.1. The average Bonchev–Trinajstić information content (AvgIpc) is 3.16. The molecule has 140 valence electrons. The fourth-order valence-corrected chi connectivity index (χ4v) is 5.10. The third kappa shape index (κ3) is 2.99. The summed E-state index contributed by atoms with van der Waals surface area (Å²) in [6.07, 6.45) is 1.71. The van der Waals surface area contributed by atoms with Crippen LogP contribution in [0.15, 0.2) is 34.9 Å². The van der Waals surface area contributed by atoms with Crippen molar-refractivity contribution in [2.24, 2.45) is 0 Å². The first kappa shape index (κ1) is 18.3. The molecule has 1 fully saturated rings. The number of hydrogen-bond donors (Lipinski definition) is 0. The van der Waals surface area contributed by atoms with E-state index >= 15 is 0 Å². The van der Waals surface area contributed by atoms with E-state index in [1.807, 2.05) is 35.2 Å². The topological polar surface area (TPSA) is 58.3 Å². The number of carbonyl (C=O) groups excluding carboxylic acids is 1. The molecule has 27 heavy (non-hydrogen) atoms. The van der Waals surface area contributed by atoms with Crippen LogP contribution in [0.25, 0.3) is 0 Å². The summed E-state index contributed by atoms with van der Waals surface area (Å²) in [6, 6.07) is 12.0. The van der Waals surface area contributed by atoms with Gasteiger partial charge in [0.15, 0.2) is 0 Å². The molecule has 0 spiro atoms. The highest BCUT2D eigenvalue weighted by Crippen LogP contribution is 2.45. The largest absolute Gasteiger partial charge is 0.381 e. The van der Waals surface area contributed by atoms with Crippen LogP contribution in [0.5, 0.6) is 0 Å². The number of nitriles is 1. The zero-order valence-corrected chi connectivity index (χ0v) is 17.1. The van der Waals surface area contributed by atoms with Crippen molar-refractivity contribution in [1.82, 2.24) is 9.47 Å². The third-order valence-electron chi connectivity index (χ3n) is 5.49. The van der Waals surface area contributed by atoms with E-state index in [1.165, 1.54) is 0 Å². The normalized spacial score (nSPS) is 20.2. The Morgan fingerprint density at radius 3 is 2.48 bits per heavy atom. The van der Waals surface area contributed by atoms with Crippen molar-refractivity contribution in [3.63, 3.8) is 0 Å². The molecular weight excluding hydrogens is 406 g/mol.